The Bertz CT molecular complexity index is 295. The van der Waals surface area contributed by atoms with Crippen LogP contribution in [0.5, 0.6) is 0 Å². The van der Waals surface area contributed by atoms with Gasteiger partial charge in [-0.25, -0.2) is 0 Å². The number of piperidine rings is 1. The van der Waals surface area contributed by atoms with Gasteiger partial charge in [0.15, 0.2) is 5.82 Å². The van der Waals surface area contributed by atoms with E-state index in [4.69, 9.17) is 0 Å². The van der Waals surface area contributed by atoms with Crippen molar-refractivity contribution in [1.82, 2.24) is 25.5 Å². The number of hydrogen-bond donors (Lipinski definition) is 1. The molecule has 2 rings (SSSR count). The number of nitrogens with zero attached hydrogens (tertiary/aromatic N) is 4. The van der Waals surface area contributed by atoms with Crippen molar-refractivity contribution in [2.24, 2.45) is 13.0 Å². The molecule has 1 aromatic rings. The maximum atomic E-state index is 4.20. The normalized spacial score (nSPS) is 27.9. The van der Waals surface area contributed by atoms with Crippen molar-refractivity contribution in [3.63, 3.8) is 0 Å². The van der Waals surface area contributed by atoms with Crippen molar-refractivity contribution in [2.75, 3.05) is 6.54 Å². The Morgan fingerprint density at radius 2 is 2.43 bits per heavy atom. The van der Waals surface area contributed by atoms with Crippen LogP contribution >= 0.6 is 0 Å². The van der Waals surface area contributed by atoms with E-state index in [0.29, 0.717) is 6.04 Å². The topological polar surface area (TPSA) is 55.6 Å². The van der Waals surface area contributed by atoms with Gasteiger partial charge in [0.25, 0.3) is 0 Å². The maximum absolute atomic E-state index is 4.20. The van der Waals surface area contributed by atoms with Crippen LogP contribution in [0.1, 0.15) is 25.6 Å². The summed E-state index contributed by atoms with van der Waals surface area (Å²) in [5, 5.41) is 15.5. The van der Waals surface area contributed by atoms with E-state index in [0.717, 1.165) is 24.7 Å². The summed E-state index contributed by atoms with van der Waals surface area (Å²) in [5.74, 6) is 1.60. The van der Waals surface area contributed by atoms with Crippen LogP contribution in [0.4, 0.5) is 0 Å². The highest BCUT2D eigenvalue weighted by atomic mass is 15.6. The average Bonchev–Trinajstić information content (AvgIpc) is 2.51. The Morgan fingerprint density at radius 1 is 1.57 bits per heavy atom. The van der Waals surface area contributed by atoms with E-state index in [-0.39, 0.29) is 0 Å². The predicted octanol–water partition coefficient (Wildman–Crippen LogP) is 0.141. The molecule has 5 heteroatoms. The average molecular weight is 195 g/mol. The molecule has 1 saturated heterocycles. The summed E-state index contributed by atoms with van der Waals surface area (Å²) in [4.78, 5) is 1.53. The molecule has 2 heterocycles. The van der Waals surface area contributed by atoms with Gasteiger partial charge >= 0.3 is 0 Å². The molecule has 0 radical (unpaired) electrons. The molecule has 0 saturated carbocycles. The minimum atomic E-state index is 0.630. The van der Waals surface area contributed by atoms with Gasteiger partial charge in [0, 0.05) is 12.5 Å². The van der Waals surface area contributed by atoms with Gasteiger partial charge in [0.2, 0.25) is 0 Å². The van der Waals surface area contributed by atoms with Crippen LogP contribution in [-0.2, 0) is 13.5 Å². The number of aromatic nitrogens is 4. The largest absolute Gasteiger partial charge is 0.314 e. The third-order valence-corrected chi connectivity index (χ3v) is 2.75. The quantitative estimate of drug-likeness (QED) is 0.729. The fourth-order valence-corrected chi connectivity index (χ4v) is 2.08. The summed E-state index contributed by atoms with van der Waals surface area (Å²) in [6, 6.07) is 0.630. The first-order valence-electron chi connectivity index (χ1n) is 5.20. The molecular weight excluding hydrogens is 178 g/mol. The molecule has 0 spiro atoms. The number of aryl methyl sites for hydroxylation is 1. The number of hydrogen-bond acceptors (Lipinski definition) is 4. The zero-order chi connectivity index (χ0) is 9.97. The third kappa shape index (κ3) is 2.29. The molecule has 2 atom stereocenters. The van der Waals surface area contributed by atoms with Gasteiger partial charge in [0.05, 0.1) is 7.05 Å². The van der Waals surface area contributed by atoms with Crippen molar-refractivity contribution in [1.29, 1.82) is 0 Å². The molecular formula is C9H17N5. The lowest BCUT2D eigenvalue weighted by Crippen LogP contribution is -2.36. The SMILES string of the molecule is CC1CC(Cc2nnn(C)n2)CCN1. The second kappa shape index (κ2) is 4.04. The second-order valence-corrected chi connectivity index (χ2v) is 4.14. The van der Waals surface area contributed by atoms with Crippen molar-refractivity contribution in [3.05, 3.63) is 5.82 Å². The van der Waals surface area contributed by atoms with Gasteiger partial charge in [-0.15, -0.1) is 10.2 Å². The molecule has 78 valence electrons. The van der Waals surface area contributed by atoms with Crippen molar-refractivity contribution in [2.45, 2.75) is 32.2 Å². The van der Waals surface area contributed by atoms with Crippen molar-refractivity contribution >= 4 is 0 Å². The van der Waals surface area contributed by atoms with E-state index in [9.17, 15) is 0 Å². The molecule has 1 aliphatic rings. The minimum Gasteiger partial charge on any atom is -0.314 e. The highest BCUT2D eigenvalue weighted by Gasteiger charge is 2.20. The zero-order valence-corrected chi connectivity index (χ0v) is 8.77. The third-order valence-electron chi connectivity index (χ3n) is 2.75. The van der Waals surface area contributed by atoms with Gasteiger partial charge in [-0.1, -0.05) is 0 Å². The Morgan fingerprint density at radius 3 is 3.07 bits per heavy atom. The van der Waals surface area contributed by atoms with E-state index in [1.54, 1.807) is 0 Å². The molecule has 1 aliphatic heterocycles. The van der Waals surface area contributed by atoms with Crippen molar-refractivity contribution < 1.29 is 0 Å². The van der Waals surface area contributed by atoms with Gasteiger partial charge in [0.1, 0.15) is 0 Å². The Balaban J connectivity index is 1.90. The molecule has 2 unspecified atom stereocenters. The standard InChI is InChI=1S/C9H17N5/c1-7-5-8(3-4-10-7)6-9-11-13-14(2)12-9/h7-8,10H,3-6H2,1-2H3. The zero-order valence-electron chi connectivity index (χ0n) is 8.77. The lowest BCUT2D eigenvalue weighted by molar-refractivity contribution is 0.310. The van der Waals surface area contributed by atoms with E-state index in [2.05, 4.69) is 27.7 Å². The number of tetrazole rings is 1. The molecule has 5 nitrogen and oxygen atoms in total. The van der Waals surface area contributed by atoms with Gasteiger partial charge in [-0.2, -0.15) is 4.80 Å². The summed E-state index contributed by atoms with van der Waals surface area (Å²) in [7, 11) is 1.81. The van der Waals surface area contributed by atoms with Crippen LogP contribution in [0, 0.1) is 5.92 Å². The maximum Gasteiger partial charge on any atom is 0.175 e. The lowest BCUT2D eigenvalue weighted by Gasteiger charge is -2.26. The van der Waals surface area contributed by atoms with Crippen LogP contribution < -0.4 is 5.32 Å². The summed E-state index contributed by atoms with van der Waals surface area (Å²) in [6.45, 7) is 3.35. The first-order chi connectivity index (χ1) is 6.74. The van der Waals surface area contributed by atoms with Crippen LogP contribution in [0.15, 0.2) is 0 Å². The molecule has 1 N–H and O–H groups in total. The summed E-state index contributed by atoms with van der Waals surface area (Å²) in [5.41, 5.74) is 0. The molecule has 0 aliphatic carbocycles. The monoisotopic (exact) mass is 195 g/mol. The van der Waals surface area contributed by atoms with E-state index < -0.39 is 0 Å². The Hall–Kier alpha value is -0.970. The van der Waals surface area contributed by atoms with E-state index in [1.165, 1.54) is 17.6 Å². The van der Waals surface area contributed by atoms with Gasteiger partial charge in [-0.05, 0) is 37.4 Å². The summed E-state index contributed by atoms with van der Waals surface area (Å²) in [6.07, 6.45) is 3.42. The fraction of sp³-hybridized carbons (Fsp3) is 0.889. The van der Waals surface area contributed by atoms with E-state index in [1.807, 2.05) is 7.05 Å². The molecule has 0 amide bonds. The second-order valence-electron chi connectivity index (χ2n) is 4.14. The highest BCUT2D eigenvalue weighted by Crippen LogP contribution is 2.18. The van der Waals surface area contributed by atoms with Gasteiger partial charge in [-0.3, -0.25) is 0 Å². The molecule has 1 fully saturated rings. The lowest BCUT2D eigenvalue weighted by atomic mass is 9.90. The van der Waals surface area contributed by atoms with Crippen LogP contribution in [-0.4, -0.2) is 32.8 Å². The van der Waals surface area contributed by atoms with Gasteiger partial charge < -0.3 is 5.32 Å². The van der Waals surface area contributed by atoms with E-state index >= 15 is 0 Å². The first kappa shape index (κ1) is 9.58. The molecule has 1 aromatic heterocycles. The highest BCUT2D eigenvalue weighted by molar-refractivity contribution is 4.85. The van der Waals surface area contributed by atoms with Crippen molar-refractivity contribution in [3.8, 4) is 0 Å². The predicted molar refractivity (Wildman–Crippen MR) is 52.7 cm³/mol. The number of nitrogens with one attached hydrogen (secondary N) is 1. The molecule has 0 bridgehead atoms. The molecule has 14 heavy (non-hydrogen) atoms. The minimum absolute atomic E-state index is 0.630. The summed E-state index contributed by atoms with van der Waals surface area (Å²) < 4.78 is 0. The molecule has 0 aromatic carbocycles. The fourth-order valence-electron chi connectivity index (χ4n) is 2.08. The smallest absolute Gasteiger partial charge is 0.175 e. The Kier molecular flexibility index (Phi) is 2.77. The van der Waals surface area contributed by atoms with Crippen LogP contribution in [0.25, 0.3) is 0 Å². The first-order valence-corrected chi connectivity index (χ1v) is 5.20. The van der Waals surface area contributed by atoms with Crippen LogP contribution in [0.2, 0.25) is 0 Å². The number of rotatable bonds is 2. The Labute approximate surface area is 83.9 Å². The summed E-state index contributed by atoms with van der Waals surface area (Å²) >= 11 is 0. The van der Waals surface area contributed by atoms with Crippen LogP contribution in [0.3, 0.4) is 0 Å².